The van der Waals surface area contributed by atoms with Gasteiger partial charge < -0.3 is 19.7 Å². The number of halogens is 1. The lowest BCUT2D eigenvalue weighted by Gasteiger charge is -2.40. The van der Waals surface area contributed by atoms with Gasteiger partial charge in [-0.05, 0) is 179 Å². The van der Waals surface area contributed by atoms with Crippen molar-refractivity contribution in [2.75, 3.05) is 14.2 Å². The largest absolute Gasteiger partial charge is 0.496 e. The van der Waals surface area contributed by atoms with Crippen molar-refractivity contribution < 1.29 is 19.7 Å². The number of benzene rings is 6. The molecule has 66 heavy (non-hydrogen) atoms. The van der Waals surface area contributed by atoms with Crippen LogP contribution in [0.15, 0.2) is 114 Å². The Morgan fingerprint density at radius 1 is 0.470 bits per heavy atom. The van der Waals surface area contributed by atoms with Gasteiger partial charge in [0.2, 0.25) is 0 Å². The van der Waals surface area contributed by atoms with E-state index in [9.17, 15) is 10.2 Å². The molecular weight excluding hydrogens is 896 g/mol. The second kappa shape index (κ2) is 22.2. The van der Waals surface area contributed by atoms with Gasteiger partial charge in [-0.25, -0.2) is 0 Å². The quantitative estimate of drug-likeness (QED) is 0.142. The lowest BCUT2D eigenvalue weighted by molar-refractivity contribution is 0.281. The van der Waals surface area contributed by atoms with Gasteiger partial charge in [-0.2, -0.15) is 0 Å². The van der Waals surface area contributed by atoms with Gasteiger partial charge in [-0.1, -0.05) is 153 Å². The van der Waals surface area contributed by atoms with Gasteiger partial charge in [0.05, 0.1) is 27.4 Å². The van der Waals surface area contributed by atoms with Crippen LogP contribution in [0.1, 0.15) is 120 Å². The molecule has 10 aliphatic carbocycles. The fourth-order valence-electron chi connectivity index (χ4n) is 11.5. The first-order valence-corrected chi connectivity index (χ1v) is 27.2. The molecule has 2 N–H and O–H groups in total. The number of hydrogen-bond acceptors (Lipinski definition) is 4. The van der Waals surface area contributed by atoms with Crippen LogP contribution in [0.2, 0.25) is 0 Å². The van der Waals surface area contributed by atoms with E-state index in [1.54, 1.807) is 25.1 Å². The van der Waals surface area contributed by atoms with Crippen molar-refractivity contribution in [2.45, 2.75) is 140 Å². The lowest BCUT2D eigenvalue weighted by atomic mass is 9.88. The standard InChI is InChI=1S/C36H45O2P.C24H23BrO2/c1-38-34-14-8-9-30(25-37)36(34)33-23-26-15-19-28(33)20-16-27-18-22-29(21-17-26)35(24-27)39(31-10-4-2-5-11-31)32-12-6-3-7-13-32;1-27-23-4-2-3-20(15-26)24(23)21-13-16-5-9-18(21)10-6-17-8-12-19(11-7-16)22(25)14-17/h8-9,14-15,18-19,22-24,31-32,37H,2-7,10-13,16-17,20-21,25H2,1H3;2-5,8-9,12-14,26H,6-7,10-11,15H2,1H3. The van der Waals surface area contributed by atoms with Crippen LogP contribution < -0.4 is 14.8 Å². The van der Waals surface area contributed by atoms with E-state index in [2.05, 4.69) is 88.7 Å². The number of hydrogen-bond donors (Lipinski definition) is 2. The zero-order chi connectivity index (χ0) is 45.4. The zero-order valence-corrected chi connectivity index (χ0v) is 41.7. The van der Waals surface area contributed by atoms with Gasteiger partial charge in [-0.15, -0.1) is 0 Å². The van der Waals surface area contributed by atoms with Crippen LogP contribution in [0.4, 0.5) is 0 Å². The molecule has 344 valence electrons. The molecule has 0 atom stereocenters. The molecule has 8 bridgehead atoms. The normalized spacial score (nSPS) is 16.5. The van der Waals surface area contributed by atoms with E-state index in [0.29, 0.717) is 0 Å². The summed E-state index contributed by atoms with van der Waals surface area (Å²) in [5.41, 5.74) is 19.4. The highest BCUT2D eigenvalue weighted by Crippen LogP contribution is 2.56. The van der Waals surface area contributed by atoms with Crippen LogP contribution in [-0.4, -0.2) is 35.8 Å². The molecule has 0 amide bonds. The van der Waals surface area contributed by atoms with Crippen LogP contribution in [-0.2, 0) is 64.6 Å². The molecule has 0 spiro atoms. The van der Waals surface area contributed by atoms with Gasteiger partial charge in [0.15, 0.2) is 0 Å². The second-order valence-electron chi connectivity index (χ2n) is 19.2. The summed E-state index contributed by atoms with van der Waals surface area (Å²) < 4.78 is 12.7. The Hall–Kier alpha value is -4.25. The Morgan fingerprint density at radius 2 is 0.879 bits per heavy atom. The van der Waals surface area contributed by atoms with E-state index < -0.39 is 0 Å². The Labute approximate surface area is 404 Å². The van der Waals surface area contributed by atoms with Gasteiger partial charge in [0.25, 0.3) is 0 Å². The maximum absolute atomic E-state index is 10.2. The third-order valence-electron chi connectivity index (χ3n) is 15.1. The first-order chi connectivity index (χ1) is 32.4. The lowest BCUT2D eigenvalue weighted by Crippen LogP contribution is -2.28. The summed E-state index contributed by atoms with van der Waals surface area (Å²) in [7, 11) is 3.33. The van der Waals surface area contributed by atoms with E-state index in [1.165, 1.54) is 119 Å². The predicted molar refractivity (Wildman–Crippen MR) is 279 cm³/mol. The molecule has 0 heterocycles. The number of aliphatic hydroxyl groups is 2. The summed E-state index contributed by atoms with van der Waals surface area (Å²) in [5, 5.41) is 21.9. The Morgan fingerprint density at radius 3 is 1.33 bits per heavy atom. The van der Waals surface area contributed by atoms with E-state index in [-0.39, 0.29) is 21.1 Å². The van der Waals surface area contributed by atoms with Crippen molar-refractivity contribution in [3.63, 3.8) is 0 Å². The first-order valence-electron chi connectivity index (χ1n) is 24.9. The predicted octanol–water partition coefficient (Wildman–Crippen LogP) is 14.0. The fourth-order valence-corrected chi connectivity index (χ4v) is 16.2. The molecule has 2 fully saturated rings. The molecule has 6 aromatic rings. The highest BCUT2D eigenvalue weighted by Gasteiger charge is 2.34. The summed E-state index contributed by atoms with van der Waals surface area (Å²) in [5.74, 6) is 1.67. The van der Waals surface area contributed by atoms with Gasteiger partial charge in [-0.3, -0.25) is 0 Å². The molecule has 6 aromatic carbocycles. The Balaban J connectivity index is 0.000000178. The SMILES string of the molecule is COc1cccc(CO)c1-c1cc2ccc1CCc1ccc(c(Br)c1)CC2.COc1cccc(CO)c1-c1cc2ccc1CCc1ccc(c(P(C3CCCCC3)C3CCCCC3)c1)CC2. The summed E-state index contributed by atoms with van der Waals surface area (Å²) in [6, 6.07) is 40.2. The molecule has 0 aliphatic heterocycles. The fraction of sp³-hybridized carbons (Fsp3) is 0.400. The Bertz CT molecular complexity index is 2540. The van der Waals surface area contributed by atoms with Gasteiger partial charge in [0, 0.05) is 15.6 Å². The molecule has 6 heteroatoms. The van der Waals surface area contributed by atoms with Crippen molar-refractivity contribution in [3.8, 4) is 33.8 Å². The zero-order valence-electron chi connectivity index (χ0n) is 39.2. The minimum atomic E-state index is -0.102. The smallest absolute Gasteiger partial charge is 0.127 e. The molecule has 4 nitrogen and oxygen atoms in total. The molecule has 2 saturated carbocycles. The van der Waals surface area contributed by atoms with Crippen LogP contribution in [0.25, 0.3) is 22.3 Å². The molecule has 0 aromatic heterocycles. The maximum atomic E-state index is 10.2. The van der Waals surface area contributed by atoms with E-state index in [4.69, 9.17) is 9.47 Å². The average molecular weight is 964 g/mol. The number of methoxy groups -OCH3 is 2. The highest BCUT2D eigenvalue weighted by molar-refractivity contribution is 9.10. The molecule has 0 saturated heterocycles. The summed E-state index contributed by atoms with van der Waals surface area (Å²) in [6.07, 6.45) is 22.6. The molecule has 10 aliphatic rings. The van der Waals surface area contributed by atoms with Crippen molar-refractivity contribution >= 4 is 29.2 Å². The molecule has 0 radical (unpaired) electrons. The number of aliphatic hydroxyl groups excluding tert-OH is 2. The van der Waals surface area contributed by atoms with Crippen LogP contribution >= 0.6 is 23.9 Å². The van der Waals surface area contributed by atoms with Gasteiger partial charge >= 0.3 is 0 Å². The highest BCUT2D eigenvalue weighted by atomic mass is 79.9. The minimum absolute atomic E-state index is 0.00389. The van der Waals surface area contributed by atoms with E-state index in [0.717, 1.165) is 96.4 Å². The summed E-state index contributed by atoms with van der Waals surface area (Å²) in [4.78, 5) is 0. The Kier molecular flexibility index (Phi) is 15.8. The average Bonchev–Trinajstić information content (AvgIpc) is 3.36. The van der Waals surface area contributed by atoms with Gasteiger partial charge in [0.1, 0.15) is 11.5 Å². The summed E-state index contributed by atoms with van der Waals surface area (Å²) in [6.45, 7) is 0.0240. The second-order valence-corrected chi connectivity index (χ2v) is 22.8. The molecule has 16 rings (SSSR count). The van der Waals surface area contributed by atoms with Crippen LogP contribution in [0.3, 0.4) is 0 Å². The maximum Gasteiger partial charge on any atom is 0.127 e. The van der Waals surface area contributed by atoms with Crippen molar-refractivity contribution in [3.05, 3.63) is 169 Å². The van der Waals surface area contributed by atoms with Crippen LogP contribution in [0, 0.1) is 0 Å². The topological polar surface area (TPSA) is 58.9 Å². The minimum Gasteiger partial charge on any atom is -0.496 e. The number of aryl methyl sites for hydroxylation is 8. The first kappa shape index (κ1) is 46.8. The van der Waals surface area contributed by atoms with E-state index >= 15 is 0 Å². The van der Waals surface area contributed by atoms with Crippen molar-refractivity contribution in [2.24, 2.45) is 0 Å². The molecule has 0 unspecified atom stereocenters. The monoisotopic (exact) mass is 962 g/mol. The van der Waals surface area contributed by atoms with Crippen molar-refractivity contribution in [1.82, 2.24) is 0 Å². The van der Waals surface area contributed by atoms with Crippen molar-refractivity contribution in [1.29, 1.82) is 0 Å². The number of rotatable bonds is 9. The third-order valence-corrected chi connectivity index (χ3v) is 19.4. The van der Waals surface area contributed by atoms with E-state index in [1.807, 2.05) is 36.4 Å². The number of ether oxygens (including phenoxy) is 2. The summed E-state index contributed by atoms with van der Waals surface area (Å²) >= 11 is 3.73. The third kappa shape index (κ3) is 10.6. The van der Waals surface area contributed by atoms with Crippen LogP contribution in [0.5, 0.6) is 11.5 Å². The molecular formula is C60H68BrO4P.